The number of hydrogen-bond acceptors (Lipinski definition) is 3. The normalized spacial score (nSPS) is 13.0. The van der Waals surface area contributed by atoms with Crippen molar-refractivity contribution >= 4 is 10.0 Å². The van der Waals surface area contributed by atoms with Gasteiger partial charge in [-0.05, 0) is 60.6 Å². The van der Waals surface area contributed by atoms with Gasteiger partial charge >= 0.3 is 0 Å². The molecule has 2 aromatic carbocycles. The summed E-state index contributed by atoms with van der Waals surface area (Å²) in [6.07, 6.45) is 0.962. The van der Waals surface area contributed by atoms with E-state index < -0.39 is 10.0 Å². The Bertz CT molecular complexity index is 856. The minimum atomic E-state index is -3.64. The number of hydrogen-bond donors (Lipinski definition) is 1. The van der Waals surface area contributed by atoms with E-state index in [2.05, 4.69) is 11.6 Å². The molecule has 0 aliphatic rings. The Morgan fingerprint density at radius 1 is 1.08 bits per heavy atom. The molecule has 1 atom stereocenters. The zero-order valence-electron chi connectivity index (χ0n) is 16.5. The van der Waals surface area contributed by atoms with Crippen molar-refractivity contribution < 1.29 is 13.2 Å². The maximum atomic E-state index is 13.0. The van der Waals surface area contributed by atoms with E-state index in [0.29, 0.717) is 10.5 Å². The molecule has 0 aromatic heterocycles. The van der Waals surface area contributed by atoms with Gasteiger partial charge in [-0.1, -0.05) is 45.0 Å². The summed E-state index contributed by atoms with van der Waals surface area (Å²) in [6, 6.07) is 11.2. The zero-order valence-corrected chi connectivity index (χ0v) is 17.3. The summed E-state index contributed by atoms with van der Waals surface area (Å²) < 4.78 is 34.2. The summed E-state index contributed by atoms with van der Waals surface area (Å²) >= 11 is 0. The second-order valence-corrected chi connectivity index (χ2v) is 8.63. The van der Waals surface area contributed by atoms with Crippen molar-refractivity contribution in [3.05, 3.63) is 58.7 Å². The first kappa shape index (κ1) is 20.5. The van der Waals surface area contributed by atoms with Crippen LogP contribution in [0.4, 0.5) is 0 Å². The number of sulfonamides is 1. The molecule has 0 aliphatic carbocycles. The molecule has 2 aromatic rings. The summed E-state index contributed by atoms with van der Waals surface area (Å²) in [4.78, 5) is 0.305. The fraction of sp³-hybridized carbons (Fsp3) is 0.429. The Morgan fingerprint density at radius 2 is 1.69 bits per heavy atom. The largest absolute Gasteiger partial charge is 0.496 e. The minimum absolute atomic E-state index is 0.165. The fourth-order valence-electron chi connectivity index (χ4n) is 3.00. The molecule has 1 N–H and O–H groups in total. The fourth-order valence-corrected chi connectivity index (χ4v) is 4.49. The van der Waals surface area contributed by atoms with E-state index in [4.69, 9.17) is 4.74 Å². The quantitative estimate of drug-likeness (QED) is 0.761. The zero-order chi connectivity index (χ0) is 19.5. The van der Waals surface area contributed by atoms with Gasteiger partial charge in [0.25, 0.3) is 0 Å². The van der Waals surface area contributed by atoms with Crippen molar-refractivity contribution in [1.29, 1.82) is 0 Å². The van der Waals surface area contributed by atoms with E-state index >= 15 is 0 Å². The first-order valence-corrected chi connectivity index (χ1v) is 10.5. The standard InChI is InChI=1S/C21H29NO3S/c1-7-17-8-10-18(11-9-17)16(5)22-26(23,24)21-13-19(14(2)3)20(25-6)12-15(21)4/h8-14,16,22H,7H2,1-6H3/t16-/m1/s1. The van der Waals surface area contributed by atoms with Crippen LogP contribution in [0.1, 0.15) is 61.9 Å². The predicted octanol–water partition coefficient (Wildman–Crippen LogP) is 4.73. The van der Waals surface area contributed by atoms with Crippen molar-refractivity contribution in [2.75, 3.05) is 7.11 Å². The van der Waals surface area contributed by atoms with Gasteiger partial charge < -0.3 is 4.74 Å². The smallest absolute Gasteiger partial charge is 0.241 e. The molecule has 0 heterocycles. The van der Waals surface area contributed by atoms with Gasteiger partial charge in [-0.3, -0.25) is 0 Å². The maximum Gasteiger partial charge on any atom is 0.241 e. The van der Waals surface area contributed by atoms with Crippen molar-refractivity contribution in [1.82, 2.24) is 4.72 Å². The third-order valence-corrected chi connectivity index (χ3v) is 6.34. The van der Waals surface area contributed by atoms with Crippen LogP contribution in [0.5, 0.6) is 5.75 Å². The molecule has 26 heavy (non-hydrogen) atoms. The molecule has 0 aliphatic heterocycles. The highest BCUT2D eigenvalue weighted by atomic mass is 32.2. The molecule has 0 bridgehead atoms. The number of methoxy groups -OCH3 is 1. The molecule has 0 saturated carbocycles. The maximum absolute atomic E-state index is 13.0. The van der Waals surface area contributed by atoms with Crippen molar-refractivity contribution in [3.8, 4) is 5.75 Å². The summed E-state index contributed by atoms with van der Waals surface area (Å²) in [5.41, 5.74) is 3.74. The van der Waals surface area contributed by atoms with E-state index in [1.165, 1.54) is 5.56 Å². The molecular formula is C21H29NO3S. The van der Waals surface area contributed by atoms with E-state index in [9.17, 15) is 8.42 Å². The lowest BCUT2D eigenvalue weighted by Crippen LogP contribution is -2.27. The molecule has 0 saturated heterocycles. The average Bonchev–Trinajstić information content (AvgIpc) is 2.60. The number of rotatable bonds is 7. The molecule has 5 heteroatoms. The molecule has 142 valence electrons. The van der Waals surface area contributed by atoms with Crippen LogP contribution in [-0.4, -0.2) is 15.5 Å². The molecule has 0 amide bonds. The van der Waals surface area contributed by atoms with E-state index in [0.717, 1.165) is 23.3 Å². The molecule has 2 rings (SSSR count). The lowest BCUT2D eigenvalue weighted by atomic mass is 10.0. The number of ether oxygens (including phenoxy) is 1. The number of aryl methyl sites for hydroxylation is 2. The van der Waals surface area contributed by atoms with E-state index in [1.807, 2.05) is 45.0 Å². The van der Waals surface area contributed by atoms with E-state index in [1.54, 1.807) is 26.2 Å². The van der Waals surface area contributed by atoms with Crippen LogP contribution in [0.3, 0.4) is 0 Å². The van der Waals surface area contributed by atoms with Crippen molar-refractivity contribution in [3.63, 3.8) is 0 Å². The summed E-state index contributed by atoms with van der Waals surface area (Å²) in [5.74, 6) is 0.887. The third-order valence-electron chi connectivity index (χ3n) is 4.66. The number of nitrogens with one attached hydrogen (secondary N) is 1. The van der Waals surface area contributed by atoms with Crippen LogP contribution >= 0.6 is 0 Å². The molecule has 0 radical (unpaired) electrons. The van der Waals surface area contributed by atoms with Gasteiger partial charge in [-0.25, -0.2) is 13.1 Å². The first-order chi connectivity index (χ1) is 12.2. The Labute approximate surface area is 157 Å². The molecular weight excluding hydrogens is 346 g/mol. The predicted molar refractivity (Wildman–Crippen MR) is 106 cm³/mol. The SMILES string of the molecule is CCc1ccc([C@@H](C)NS(=O)(=O)c2cc(C(C)C)c(OC)cc2C)cc1. The van der Waals surface area contributed by atoms with E-state index in [-0.39, 0.29) is 12.0 Å². The molecule has 0 spiro atoms. The van der Waals surface area contributed by atoms with Crippen molar-refractivity contribution in [2.24, 2.45) is 0 Å². The highest BCUT2D eigenvalue weighted by Gasteiger charge is 2.23. The molecule has 0 fully saturated rings. The van der Waals surface area contributed by atoms with Crippen LogP contribution in [0, 0.1) is 6.92 Å². The summed E-state index contributed by atoms with van der Waals surface area (Å²) in [5, 5.41) is 0. The second-order valence-electron chi connectivity index (χ2n) is 6.95. The van der Waals surface area contributed by atoms with Gasteiger partial charge in [0.2, 0.25) is 10.0 Å². The summed E-state index contributed by atoms with van der Waals surface area (Å²) in [7, 11) is -2.03. The van der Waals surface area contributed by atoms with Gasteiger partial charge in [0.15, 0.2) is 0 Å². The average molecular weight is 376 g/mol. The Morgan fingerprint density at radius 3 is 2.19 bits per heavy atom. The Balaban J connectivity index is 2.35. The van der Waals surface area contributed by atoms with Crippen LogP contribution in [0.15, 0.2) is 41.3 Å². The van der Waals surface area contributed by atoms with Crippen LogP contribution in [0.2, 0.25) is 0 Å². The Kier molecular flexibility index (Phi) is 6.48. The highest BCUT2D eigenvalue weighted by molar-refractivity contribution is 7.89. The number of benzene rings is 2. The van der Waals surface area contributed by atoms with Crippen molar-refractivity contribution in [2.45, 2.75) is 57.9 Å². The van der Waals surface area contributed by atoms with Gasteiger partial charge in [-0.15, -0.1) is 0 Å². The van der Waals surface area contributed by atoms with Crippen LogP contribution in [-0.2, 0) is 16.4 Å². The molecule has 4 nitrogen and oxygen atoms in total. The van der Waals surface area contributed by atoms with Gasteiger partial charge in [0.1, 0.15) is 5.75 Å². The van der Waals surface area contributed by atoms with Gasteiger partial charge in [0, 0.05) is 6.04 Å². The first-order valence-electron chi connectivity index (χ1n) is 8.99. The Hall–Kier alpha value is -1.85. The minimum Gasteiger partial charge on any atom is -0.496 e. The monoisotopic (exact) mass is 375 g/mol. The highest BCUT2D eigenvalue weighted by Crippen LogP contribution is 2.32. The van der Waals surface area contributed by atoms with Gasteiger partial charge in [0.05, 0.1) is 12.0 Å². The topological polar surface area (TPSA) is 55.4 Å². The lowest BCUT2D eigenvalue weighted by molar-refractivity contribution is 0.406. The molecule has 0 unspecified atom stereocenters. The third kappa shape index (κ3) is 4.46. The van der Waals surface area contributed by atoms with Gasteiger partial charge in [-0.2, -0.15) is 0 Å². The lowest BCUT2D eigenvalue weighted by Gasteiger charge is -2.19. The summed E-state index contributed by atoms with van der Waals surface area (Å²) in [6.45, 7) is 9.80. The second kappa shape index (κ2) is 8.23. The van der Waals surface area contributed by atoms with Crippen LogP contribution < -0.4 is 9.46 Å². The van der Waals surface area contributed by atoms with Crippen LogP contribution in [0.25, 0.3) is 0 Å².